The molecule has 0 aromatic heterocycles. The SMILES string of the molecule is NC(=O)C=C1c2ccccc2-c2ccccc21. The van der Waals surface area contributed by atoms with E-state index in [1.807, 2.05) is 36.4 Å². The number of hydrogen-bond acceptors (Lipinski definition) is 1. The van der Waals surface area contributed by atoms with Gasteiger partial charge in [0.15, 0.2) is 0 Å². The third kappa shape index (κ3) is 1.46. The van der Waals surface area contributed by atoms with Gasteiger partial charge in [0.25, 0.3) is 0 Å². The quantitative estimate of drug-likeness (QED) is 0.630. The zero-order valence-corrected chi connectivity index (χ0v) is 9.18. The van der Waals surface area contributed by atoms with Crippen LogP contribution in [-0.2, 0) is 4.79 Å². The topological polar surface area (TPSA) is 43.1 Å². The average Bonchev–Trinajstić information content (AvgIpc) is 2.65. The molecule has 1 aliphatic rings. The molecular weight excluding hydrogens is 210 g/mol. The lowest BCUT2D eigenvalue weighted by Crippen LogP contribution is -2.06. The molecule has 0 fully saturated rings. The van der Waals surface area contributed by atoms with Crippen LogP contribution in [0.4, 0.5) is 0 Å². The summed E-state index contributed by atoms with van der Waals surface area (Å²) in [6.07, 6.45) is 1.50. The molecule has 2 aromatic carbocycles. The van der Waals surface area contributed by atoms with E-state index in [1.54, 1.807) is 0 Å². The van der Waals surface area contributed by atoms with Crippen molar-refractivity contribution in [2.75, 3.05) is 0 Å². The van der Waals surface area contributed by atoms with Crippen molar-refractivity contribution < 1.29 is 4.79 Å². The van der Waals surface area contributed by atoms with E-state index in [0.717, 1.165) is 27.8 Å². The Balaban J connectivity index is 2.35. The van der Waals surface area contributed by atoms with Crippen molar-refractivity contribution in [1.29, 1.82) is 0 Å². The number of nitrogens with two attached hydrogens (primary N) is 1. The first-order valence-electron chi connectivity index (χ1n) is 5.47. The molecule has 2 heteroatoms. The van der Waals surface area contributed by atoms with Gasteiger partial charge in [-0.1, -0.05) is 48.5 Å². The Bertz CT molecular complexity index is 593. The van der Waals surface area contributed by atoms with E-state index < -0.39 is 5.91 Å². The van der Waals surface area contributed by atoms with Crippen LogP contribution in [0, 0.1) is 0 Å². The van der Waals surface area contributed by atoms with Crippen molar-refractivity contribution in [3.63, 3.8) is 0 Å². The molecule has 0 saturated heterocycles. The van der Waals surface area contributed by atoms with Crippen LogP contribution in [0.25, 0.3) is 16.7 Å². The Morgan fingerprint density at radius 2 is 1.24 bits per heavy atom. The molecule has 0 heterocycles. The van der Waals surface area contributed by atoms with E-state index in [-0.39, 0.29) is 0 Å². The van der Waals surface area contributed by atoms with Gasteiger partial charge in [-0.3, -0.25) is 4.79 Å². The lowest BCUT2D eigenvalue weighted by molar-refractivity contribution is -0.113. The third-order valence-corrected chi connectivity index (χ3v) is 3.01. The Morgan fingerprint density at radius 3 is 1.65 bits per heavy atom. The number of carbonyl (C=O) groups is 1. The predicted molar refractivity (Wildman–Crippen MR) is 68.2 cm³/mol. The van der Waals surface area contributed by atoms with Crippen molar-refractivity contribution in [3.05, 3.63) is 65.7 Å². The summed E-state index contributed by atoms with van der Waals surface area (Å²) in [5, 5.41) is 0. The third-order valence-electron chi connectivity index (χ3n) is 3.01. The number of benzene rings is 2. The van der Waals surface area contributed by atoms with E-state index in [2.05, 4.69) is 12.1 Å². The van der Waals surface area contributed by atoms with Crippen LogP contribution >= 0.6 is 0 Å². The maximum absolute atomic E-state index is 11.1. The van der Waals surface area contributed by atoms with E-state index in [9.17, 15) is 4.79 Å². The van der Waals surface area contributed by atoms with Crippen molar-refractivity contribution in [1.82, 2.24) is 0 Å². The minimum atomic E-state index is -0.411. The fourth-order valence-corrected chi connectivity index (χ4v) is 2.35. The van der Waals surface area contributed by atoms with Crippen LogP contribution in [0.3, 0.4) is 0 Å². The highest BCUT2D eigenvalue weighted by molar-refractivity contribution is 6.07. The summed E-state index contributed by atoms with van der Waals surface area (Å²) in [6, 6.07) is 16.1. The van der Waals surface area contributed by atoms with E-state index in [4.69, 9.17) is 5.73 Å². The molecule has 0 aliphatic heterocycles. The second kappa shape index (κ2) is 3.59. The van der Waals surface area contributed by atoms with Gasteiger partial charge >= 0.3 is 0 Å². The lowest BCUT2D eigenvalue weighted by Gasteiger charge is -2.00. The number of primary amides is 1. The van der Waals surface area contributed by atoms with Crippen molar-refractivity contribution in [3.8, 4) is 11.1 Å². The zero-order valence-electron chi connectivity index (χ0n) is 9.18. The van der Waals surface area contributed by atoms with Crippen LogP contribution in [0.15, 0.2) is 54.6 Å². The summed E-state index contributed by atoms with van der Waals surface area (Å²) >= 11 is 0. The molecule has 0 unspecified atom stereocenters. The Morgan fingerprint density at radius 1 is 0.824 bits per heavy atom. The molecule has 2 nitrogen and oxygen atoms in total. The fraction of sp³-hybridized carbons (Fsp3) is 0. The van der Waals surface area contributed by atoms with Gasteiger partial charge in [0.2, 0.25) is 5.91 Å². The first kappa shape index (κ1) is 9.85. The molecule has 0 spiro atoms. The van der Waals surface area contributed by atoms with Crippen LogP contribution in [0.1, 0.15) is 11.1 Å². The minimum absolute atomic E-state index is 0.411. The highest BCUT2D eigenvalue weighted by atomic mass is 16.1. The molecular formula is C15H11NO. The van der Waals surface area contributed by atoms with Gasteiger partial charge in [-0.2, -0.15) is 0 Å². The van der Waals surface area contributed by atoms with Gasteiger partial charge < -0.3 is 5.73 Å². The van der Waals surface area contributed by atoms with Crippen molar-refractivity contribution >= 4 is 11.5 Å². The highest BCUT2D eigenvalue weighted by Gasteiger charge is 2.22. The number of amides is 1. The van der Waals surface area contributed by atoms with Crippen LogP contribution in [0.5, 0.6) is 0 Å². The van der Waals surface area contributed by atoms with Gasteiger partial charge in [0, 0.05) is 6.08 Å². The monoisotopic (exact) mass is 221 g/mol. The second-order valence-electron chi connectivity index (χ2n) is 4.05. The molecule has 0 atom stereocenters. The summed E-state index contributed by atoms with van der Waals surface area (Å²) in [4.78, 5) is 11.1. The van der Waals surface area contributed by atoms with E-state index in [0.29, 0.717) is 0 Å². The molecule has 1 amide bonds. The first-order chi connectivity index (χ1) is 8.27. The molecule has 3 rings (SSSR count). The Kier molecular flexibility index (Phi) is 2.08. The number of carbonyl (C=O) groups excluding carboxylic acids is 1. The zero-order chi connectivity index (χ0) is 11.8. The first-order valence-corrected chi connectivity index (χ1v) is 5.47. The van der Waals surface area contributed by atoms with E-state index in [1.165, 1.54) is 6.08 Å². The summed E-state index contributed by atoms with van der Waals surface area (Å²) in [5.74, 6) is -0.411. The molecule has 2 N–H and O–H groups in total. The lowest BCUT2D eigenvalue weighted by atomic mass is 10.0. The minimum Gasteiger partial charge on any atom is -0.366 e. The largest absolute Gasteiger partial charge is 0.366 e. The normalized spacial score (nSPS) is 11.9. The predicted octanol–water partition coefficient (Wildman–Crippen LogP) is 2.58. The standard InChI is InChI=1S/C15H11NO/c16-15(17)9-14-12-7-3-1-5-10(12)11-6-2-4-8-13(11)14/h1-9H,(H2,16,17). The Hall–Kier alpha value is -2.35. The van der Waals surface area contributed by atoms with Crippen LogP contribution in [-0.4, -0.2) is 5.91 Å². The molecule has 1 aliphatic carbocycles. The molecule has 0 radical (unpaired) electrons. The Labute approximate surface area is 99.4 Å². The molecule has 0 bridgehead atoms. The maximum atomic E-state index is 11.1. The summed E-state index contributed by atoms with van der Waals surface area (Å²) in [5.41, 5.74) is 10.7. The van der Waals surface area contributed by atoms with Gasteiger partial charge in [-0.05, 0) is 27.8 Å². The molecule has 82 valence electrons. The molecule has 2 aromatic rings. The maximum Gasteiger partial charge on any atom is 0.242 e. The molecule has 17 heavy (non-hydrogen) atoms. The van der Waals surface area contributed by atoms with Crippen molar-refractivity contribution in [2.45, 2.75) is 0 Å². The van der Waals surface area contributed by atoms with Crippen molar-refractivity contribution in [2.24, 2.45) is 5.73 Å². The number of fused-ring (bicyclic) bond motifs is 3. The highest BCUT2D eigenvalue weighted by Crippen LogP contribution is 2.43. The summed E-state index contributed by atoms with van der Waals surface area (Å²) < 4.78 is 0. The molecule has 0 saturated carbocycles. The van der Waals surface area contributed by atoms with Gasteiger partial charge in [0.05, 0.1) is 0 Å². The second-order valence-corrected chi connectivity index (χ2v) is 4.05. The fourth-order valence-electron chi connectivity index (χ4n) is 2.35. The van der Waals surface area contributed by atoms with Gasteiger partial charge in [0.1, 0.15) is 0 Å². The van der Waals surface area contributed by atoms with E-state index >= 15 is 0 Å². The summed E-state index contributed by atoms with van der Waals surface area (Å²) in [6.45, 7) is 0. The van der Waals surface area contributed by atoms with Crippen LogP contribution < -0.4 is 5.73 Å². The number of rotatable bonds is 1. The van der Waals surface area contributed by atoms with Gasteiger partial charge in [-0.25, -0.2) is 0 Å². The van der Waals surface area contributed by atoms with Gasteiger partial charge in [-0.15, -0.1) is 0 Å². The number of hydrogen-bond donors (Lipinski definition) is 1. The van der Waals surface area contributed by atoms with Crippen LogP contribution in [0.2, 0.25) is 0 Å². The average molecular weight is 221 g/mol. The smallest absolute Gasteiger partial charge is 0.242 e. The summed E-state index contributed by atoms with van der Waals surface area (Å²) in [7, 11) is 0.